The molecule has 0 amide bonds. The predicted octanol–water partition coefficient (Wildman–Crippen LogP) is 4.54. The first-order valence-electron chi connectivity index (χ1n) is 5.87. The molecule has 0 N–H and O–H groups in total. The summed E-state index contributed by atoms with van der Waals surface area (Å²) < 4.78 is 5.77. The fourth-order valence-corrected chi connectivity index (χ4v) is 1.89. The predicted molar refractivity (Wildman–Crippen MR) is 74.5 cm³/mol. The van der Waals surface area contributed by atoms with Gasteiger partial charge in [0.15, 0.2) is 0 Å². The van der Waals surface area contributed by atoms with Crippen LogP contribution in [-0.4, -0.2) is 4.98 Å². The molecular weight excluding hydrogens is 246 g/mol. The Balaban J connectivity index is 2.27. The third kappa shape index (κ3) is 3.02. The number of nitrogens with zero attached hydrogens (tertiary/aromatic N) is 1. The average molecular weight is 262 g/mol. The van der Waals surface area contributed by atoms with Crippen LogP contribution in [0.15, 0.2) is 30.3 Å². The number of halogens is 1. The molecule has 0 aliphatic rings. The Kier molecular flexibility index (Phi) is 3.87. The summed E-state index contributed by atoms with van der Waals surface area (Å²) in [5, 5.41) is 0. The number of hydrogen-bond acceptors (Lipinski definition) is 2. The van der Waals surface area contributed by atoms with Crippen molar-refractivity contribution in [3.8, 4) is 11.6 Å². The van der Waals surface area contributed by atoms with Gasteiger partial charge < -0.3 is 4.74 Å². The molecule has 0 spiro atoms. The standard InChI is InChI=1S/C15H16ClNO/c1-10-4-5-14(6-11(10)2)18-15-8-13(9-16)7-12(3)17-15/h4-8H,9H2,1-3H3. The van der Waals surface area contributed by atoms with Crippen LogP contribution in [0.5, 0.6) is 11.6 Å². The van der Waals surface area contributed by atoms with E-state index in [0.29, 0.717) is 11.8 Å². The minimum Gasteiger partial charge on any atom is -0.439 e. The Bertz CT molecular complexity index is 566. The second-order valence-electron chi connectivity index (χ2n) is 4.44. The van der Waals surface area contributed by atoms with Crippen molar-refractivity contribution in [1.82, 2.24) is 4.98 Å². The van der Waals surface area contributed by atoms with Gasteiger partial charge in [0, 0.05) is 17.6 Å². The molecular formula is C15H16ClNO. The number of rotatable bonds is 3. The zero-order chi connectivity index (χ0) is 13.1. The van der Waals surface area contributed by atoms with E-state index in [1.54, 1.807) is 0 Å². The zero-order valence-electron chi connectivity index (χ0n) is 10.8. The van der Waals surface area contributed by atoms with Crippen molar-refractivity contribution in [2.24, 2.45) is 0 Å². The Morgan fingerprint density at radius 2 is 1.83 bits per heavy atom. The van der Waals surface area contributed by atoms with Gasteiger partial charge >= 0.3 is 0 Å². The lowest BCUT2D eigenvalue weighted by Gasteiger charge is -2.09. The normalized spacial score (nSPS) is 10.4. The third-order valence-corrected chi connectivity index (χ3v) is 3.15. The first-order chi connectivity index (χ1) is 8.58. The number of hydrogen-bond donors (Lipinski definition) is 0. The smallest absolute Gasteiger partial charge is 0.219 e. The van der Waals surface area contributed by atoms with E-state index in [1.807, 2.05) is 37.3 Å². The van der Waals surface area contributed by atoms with Gasteiger partial charge in [0.2, 0.25) is 5.88 Å². The molecule has 0 bridgehead atoms. The summed E-state index contributed by atoms with van der Waals surface area (Å²) in [5.74, 6) is 1.86. The molecule has 0 atom stereocenters. The van der Waals surface area contributed by atoms with Crippen LogP contribution in [0.2, 0.25) is 0 Å². The number of benzene rings is 1. The topological polar surface area (TPSA) is 22.1 Å². The average Bonchev–Trinajstić information content (AvgIpc) is 2.33. The van der Waals surface area contributed by atoms with E-state index in [0.717, 1.165) is 17.0 Å². The maximum atomic E-state index is 5.84. The van der Waals surface area contributed by atoms with Gasteiger partial charge in [-0.3, -0.25) is 0 Å². The van der Waals surface area contributed by atoms with E-state index in [1.165, 1.54) is 11.1 Å². The van der Waals surface area contributed by atoms with Gasteiger partial charge in [-0.05, 0) is 55.7 Å². The molecule has 2 aromatic rings. The highest BCUT2D eigenvalue weighted by Gasteiger charge is 2.03. The van der Waals surface area contributed by atoms with Crippen molar-refractivity contribution in [2.75, 3.05) is 0 Å². The highest BCUT2D eigenvalue weighted by molar-refractivity contribution is 6.17. The quantitative estimate of drug-likeness (QED) is 0.757. The lowest BCUT2D eigenvalue weighted by molar-refractivity contribution is 0.460. The van der Waals surface area contributed by atoms with Crippen molar-refractivity contribution in [2.45, 2.75) is 26.7 Å². The molecule has 0 aliphatic heterocycles. The van der Waals surface area contributed by atoms with Crippen molar-refractivity contribution in [3.05, 3.63) is 52.7 Å². The molecule has 18 heavy (non-hydrogen) atoms. The molecule has 3 heteroatoms. The van der Waals surface area contributed by atoms with Gasteiger partial charge in [0.05, 0.1) is 0 Å². The number of alkyl halides is 1. The van der Waals surface area contributed by atoms with Crippen LogP contribution in [0.4, 0.5) is 0 Å². The highest BCUT2D eigenvalue weighted by Crippen LogP contribution is 2.23. The third-order valence-electron chi connectivity index (χ3n) is 2.84. The Morgan fingerprint density at radius 3 is 2.50 bits per heavy atom. The minimum atomic E-state index is 0.465. The first kappa shape index (κ1) is 12.9. The summed E-state index contributed by atoms with van der Waals surface area (Å²) in [6.07, 6.45) is 0. The van der Waals surface area contributed by atoms with Gasteiger partial charge in [-0.1, -0.05) is 6.07 Å². The van der Waals surface area contributed by atoms with E-state index in [2.05, 4.69) is 18.8 Å². The van der Waals surface area contributed by atoms with E-state index in [-0.39, 0.29) is 0 Å². The number of ether oxygens (including phenoxy) is 1. The highest BCUT2D eigenvalue weighted by atomic mass is 35.5. The van der Waals surface area contributed by atoms with E-state index in [4.69, 9.17) is 16.3 Å². The van der Waals surface area contributed by atoms with E-state index < -0.39 is 0 Å². The summed E-state index contributed by atoms with van der Waals surface area (Å²) in [5.41, 5.74) is 4.38. The molecule has 0 saturated heterocycles. The van der Waals surface area contributed by atoms with Crippen molar-refractivity contribution < 1.29 is 4.74 Å². The summed E-state index contributed by atoms with van der Waals surface area (Å²) in [6, 6.07) is 9.84. The summed E-state index contributed by atoms with van der Waals surface area (Å²) in [4.78, 5) is 4.35. The number of aryl methyl sites for hydroxylation is 3. The fraction of sp³-hybridized carbons (Fsp3) is 0.267. The Hall–Kier alpha value is -1.54. The van der Waals surface area contributed by atoms with Gasteiger partial charge in [0.25, 0.3) is 0 Å². The molecule has 0 aliphatic carbocycles. The molecule has 0 unspecified atom stereocenters. The van der Waals surface area contributed by atoms with Gasteiger partial charge in [-0.2, -0.15) is 0 Å². The second kappa shape index (κ2) is 5.40. The Morgan fingerprint density at radius 1 is 1.06 bits per heavy atom. The molecule has 1 aromatic heterocycles. The van der Waals surface area contributed by atoms with Gasteiger partial charge in [-0.15, -0.1) is 11.6 Å². The lowest BCUT2D eigenvalue weighted by atomic mass is 10.1. The molecule has 2 nitrogen and oxygen atoms in total. The molecule has 1 heterocycles. The van der Waals surface area contributed by atoms with Crippen LogP contribution in [-0.2, 0) is 5.88 Å². The summed E-state index contributed by atoms with van der Waals surface area (Å²) in [7, 11) is 0. The summed E-state index contributed by atoms with van der Waals surface area (Å²) in [6.45, 7) is 6.08. The van der Waals surface area contributed by atoms with Gasteiger partial charge in [0.1, 0.15) is 5.75 Å². The van der Waals surface area contributed by atoms with Crippen molar-refractivity contribution >= 4 is 11.6 Å². The monoisotopic (exact) mass is 261 g/mol. The fourth-order valence-electron chi connectivity index (χ4n) is 1.73. The largest absolute Gasteiger partial charge is 0.439 e. The summed E-state index contributed by atoms with van der Waals surface area (Å²) >= 11 is 5.84. The maximum absolute atomic E-state index is 5.84. The van der Waals surface area contributed by atoms with Crippen LogP contribution in [0.1, 0.15) is 22.4 Å². The van der Waals surface area contributed by atoms with Crippen LogP contribution >= 0.6 is 11.6 Å². The molecule has 0 saturated carbocycles. The van der Waals surface area contributed by atoms with Crippen LogP contribution < -0.4 is 4.74 Å². The number of pyridine rings is 1. The molecule has 0 radical (unpaired) electrons. The van der Waals surface area contributed by atoms with Crippen LogP contribution in [0, 0.1) is 20.8 Å². The number of aromatic nitrogens is 1. The minimum absolute atomic E-state index is 0.465. The molecule has 1 aromatic carbocycles. The Labute approximate surface area is 113 Å². The van der Waals surface area contributed by atoms with Gasteiger partial charge in [-0.25, -0.2) is 4.98 Å². The molecule has 2 rings (SSSR count). The lowest BCUT2D eigenvalue weighted by Crippen LogP contribution is -1.93. The van der Waals surface area contributed by atoms with Crippen LogP contribution in [0.3, 0.4) is 0 Å². The van der Waals surface area contributed by atoms with Crippen LogP contribution in [0.25, 0.3) is 0 Å². The SMILES string of the molecule is Cc1cc(CCl)cc(Oc2ccc(C)c(C)c2)n1. The molecule has 94 valence electrons. The van der Waals surface area contributed by atoms with E-state index in [9.17, 15) is 0 Å². The molecule has 0 fully saturated rings. The van der Waals surface area contributed by atoms with Crippen molar-refractivity contribution in [1.29, 1.82) is 0 Å². The second-order valence-corrected chi connectivity index (χ2v) is 4.70. The van der Waals surface area contributed by atoms with Crippen molar-refractivity contribution in [3.63, 3.8) is 0 Å². The first-order valence-corrected chi connectivity index (χ1v) is 6.40. The zero-order valence-corrected chi connectivity index (χ0v) is 11.6. The maximum Gasteiger partial charge on any atom is 0.219 e. The van der Waals surface area contributed by atoms with E-state index >= 15 is 0 Å².